The number of nitrogens with zero attached hydrogens (tertiary/aromatic N) is 3. The van der Waals surface area contributed by atoms with Gasteiger partial charge in [0.1, 0.15) is 6.33 Å². The highest BCUT2D eigenvalue weighted by Gasteiger charge is 2.32. The second-order valence-corrected chi connectivity index (χ2v) is 9.04. The number of H-pyrrole nitrogens is 1. The molecule has 0 bridgehead atoms. The summed E-state index contributed by atoms with van der Waals surface area (Å²) < 4.78 is 41.1. The first kappa shape index (κ1) is 26.7. The third-order valence-electron chi connectivity index (χ3n) is 5.97. The van der Waals surface area contributed by atoms with Gasteiger partial charge < -0.3 is 21.3 Å². The molecule has 4 rings (SSSR count). The smallest absolute Gasteiger partial charge is 0.309 e. The van der Waals surface area contributed by atoms with Crippen LogP contribution in [0.3, 0.4) is 0 Å². The number of fused-ring (bicyclic) bond motifs is 1. The predicted octanol–water partition coefficient (Wildman–Crippen LogP) is 4.90. The van der Waals surface area contributed by atoms with Crippen LogP contribution < -0.4 is 21.3 Å². The second kappa shape index (κ2) is 10.5. The van der Waals surface area contributed by atoms with Crippen LogP contribution in [0.4, 0.5) is 35.2 Å². The first-order valence-corrected chi connectivity index (χ1v) is 11.7. The molecule has 2 heterocycles. The van der Waals surface area contributed by atoms with E-state index in [1.165, 1.54) is 19.1 Å². The fourth-order valence-corrected chi connectivity index (χ4v) is 4.04. The first-order chi connectivity index (χ1) is 18.0. The Morgan fingerprint density at radius 3 is 2.29 bits per heavy atom. The minimum Gasteiger partial charge on any atom is -0.309 e. The molecule has 38 heavy (non-hydrogen) atoms. The lowest BCUT2D eigenvalue weighted by atomic mass is 10.0. The first-order valence-electron chi connectivity index (χ1n) is 11.7. The van der Waals surface area contributed by atoms with Gasteiger partial charge in [-0.3, -0.25) is 14.5 Å². The molecule has 4 aromatic rings. The molecule has 5 N–H and O–H groups in total. The minimum atomic E-state index is -4.52. The van der Waals surface area contributed by atoms with Gasteiger partial charge in [-0.25, -0.2) is 9.78 Å². The molecule has 0 fully saturated rings. The molecule has 10 nitrogen and oxygen atoms in total. The van der Waals surface area contributed by atoms with Crippen LogP contribution in [-0.2, 0) is 11.0 Å². The summed E-state index contributed by atoms with van der Waals surface area (Å²) in [5.74, 6) is 0.250. The normalized spacial score (nSPS) is 12.5. The molecule has 0 spiro atoms. The zero-order valence-electron chi connectivity index (χ0n) is 21.1. The Labute approximate surface area is 216 Å². The lowest BCUT2D eigenvalue weighted by molar-refractivity contribution is -0.138. The zero-order chi connectivity index (χ0) is 27.6. The number of amides is 3. The molecule has 3 amide bonds. The van der Waals surface area contributed by atoms with Crippen LogP contribution in [0, 0.1) is 12.8 Å². The highest BCUT2D eigenvalue weighted by atomic mass is 19.4. The van der Waals surface area contributed by atoms with Gasteiger partial charge in [-0.05, 0) is 61.9 Å². The average molecular weight is 529 g/mol. The summed E-state index contributed by atoms with van der Waals surface area (Å²) in [7, 11) is 1.72. The monoisotopic (exact) mass is 528 g/mol. The van der Waals surface area contributed by atoms with Crippen LogP contribution >= 0.6 is 0 Å². The van der Waals surface area contributed by atoms with Crippen LogP contribution in [0.25, 0.3) is 16.9 Å². The van der Waals surface area contributed by atoms with Gasteiger partial charge in [0, 0.05) is 17.1 Å². The van der Waals surface area contributed by atoms with Gasteiger partial charge in [-0.1, -0.05) is 19.9 Å². The summed E-state index contributed by atoms with van der Waals surface area (Å²) in [5, 5.41) is 17.9. The zero-order valence-corrected chi connectivity index (χ0v) is 21.1. The van der Waals surface area contributed by atoms with Crippen molar-refractivity contribution < 1.29 is 22.8 Å². The quantitative estimate of drug-likeness (QED) is 0.233. The number of aryl methyl sites for hydroxylation is 1. The fourth-order valence-electron chi connectivity index (χ4n) is 4.04. The summed E-state index contributed by atoms with van der Waals surface area (Å²) >= 11 is 0. The van der Waals surface area contributed by atoms with Crippen molar-refractivity contribution in [3.8, 4) is 5.69 Å². The molecule has 0 aliphatic carbocycles. The lowest BCUT2D eigenvalue weighted by Gasteiger charge is -2.18. The fraction of sp³-hybridized carbons (Fsp3) is 0.280. The van der Waals surface area contributed by atoms with E-state index in [0.29, 0.717) is 28.4 Å². The van der Waals surface area contributed by atoms with Gasteiger partial charge >= 0.3 is 12.2 Å². The van der Waals surface area contributed by atoms with Gasteiger partial charge in [0.15, 0.2) is 17.0 Å². The van der Waals surface area contributed by atoms with E-state index in [4.69, 9.17) is 0 Å². The summed E-state index contributed by atoms with van der Waals surface area (Å²) in [6.45, 7) is 5.23. The van der Waals surface area contributed by atoms with Crippen LogP contribution in [0.5, 0.6) is 0 Å². The lowest BCUT2D eigenvalue weighted by Crippen LogP contribution is -2.42. The van der Waals surface area contributed by atoms with E-state index in [1.54, 1.807) is 42.2 Å². The summed E-state index contributed by atoms with van der Waals surface area (Å²) in [6.07, 6.45) is -2.96. The molecule has 2 aromatic heterocycles. The van der Waals surface area contributed by atoms with Crippen LogP contribution in [0.1, 0.15) is 25.0 Å². The van der Waals surface area contributed by atoms with E-state index < -0.39 is 17.8 Å². The number of benzene rings is 2. The molecule has 0 saturated carbocycles. The van der Waals surface area contributed by atoms with Crippen molar-refractivity contribution in [3.63, 3.8) is 0 Å². The Morgan fingerprint density at radius 2 is 1.66 bits per heavy atom. The number of halogens is 3. The van der Waals surface area contributed by atoms with Crippen LogP contribution in [0.15, 0.2) is 48.8 Å². The van der Waals surface area contributed by atoms with Crippen LogP contribution in [-0.4, -0.2) is 44.8 Å². The number of likely N-dealkylation sites (N-methyl/N-ethyl adjacent to an activating group) is 1. The van der Waals surface area contributed by atoms with Gasteiger partial charge in [-0.15, -0.1) is 0 Å². The van der Waals surface area contributed by atoms with E-state index in [1.807, 2.05) is 13.8 Å². The number of rotatable bonds is 7. The third kappa shape index (κ3) is 5.62. The highest BCUT2D eigenvalue weighted by Crippen LogP contribution is 2.33. The maximum Gasteiger partial charge on any atom is 0.416 e. The molecular formula is C25H27F3N8O2. The highest BCUT2D eigenvalue weighted by molar-refractivity contribution is 6.01. The topological polar surface area (TPSA) is 129 Å². The van der Waals surface area contributed by atoms with Gasteiger partial charge in [0.05, 0.1) is 11.6 Å². The number of aromatic nitrogens is 4. The van der Waals surface area contributed by atoms with Gasteiger partial charge in [0.2, 0.25) is 5.91 Å². The third-order valence-corrected chi connectivity index (χ3v) is 5.97. The van der Waals surface area contributed by atoms with Crippen molar-refractivity contribution in [2.24, 2.45) is 5.92 Å². The minimum absolute atomic E-state index is 0.0220. The largest absolute Gasteiger partial charge is 0.416 e. The Morgan fingerprint density at radius 1 is 1.00 bits per heavy atom. The second-order valence-electron chi connectivity index (χ2n) is 9.04. The standard InChI is InChI=1S/C25H27F3N8O2/c1-13(2)19(29-4)23(37)33-21-20-22(35-34-21)36(12-30-20)17-9-7-15(8-10-17)31-24(38)32-16-6-5-14(3)18(11-16)25(26,27)28/h5-13,19,29H,1-4H3,(H2,31,32,38)(H2,33,34,35,37). The van der Waals surface area contributed by atoms with Crippen LogP contribution in [0.2, 0.25) is 0 Å². The van der Waals surface area contributed by atoms with E-state index in [0.717, 1.165) is 6.07 Å². The van der Waals surface area contributed by atoms with Crippen molar-refractivity contribution in [1.82, 2.24) is 25.1 Å². The summed E-state index contributed by atoms with van der Waals surface area (Å²) in [5.41, 5.74) is 1.36. The Bertz CT molecular complexity index is 1460. The van der Waals surface area contributed by atoms with E-state index in [2.05, 4.69) is 36.4 Å². The van der Waals surface area contributed by atoms with Crippen molar-refractivity contribution in [2.45, 2.75) is 33.0 Å². The molecule has 1 unspecified atom stereocenters. The molecule has 13 heteroatoms. The number of anilines is 3. The van der Waals surface area contributed by atoms with Crippen molar-refractivity contribution >= 4 is 40.3 Å². The number of hydrogen-bond donors (Lipinski definition) is 5. The molecular weight excluding hydrogens is 501 g/mol. The molecule has 0 radical (unpaired) electrons. The molecule has 0 aliphatic heterocycles. The summed E-state index contributed by atoms with van der Waals surface area (Å²) in [6, 6.07) is 9.22. The number of nitrogens with one attached hydrogen (secondary N) is 5. The Hall–Kier alpha value is -4.39. The Balaban J connectivity index is 1.44. The van der Waals surface area contributed by atoms with Crippen molar-refractivity contribution in [1.29, 1.82) is 0 Å². The van der Waals surface area contributed by atoms with E-state index in [-0.39, 0.29) is 29.1 Å². The number of carbonyl (C=O) groups is 2. The molecule has 0 aliphatic rings. The average Bonchev–Trinajstić information content (AvgIpc) is 3.43. The maximum atomic E-state index is 13.1. The molecule has 2 aromatic carbocycles. The van der Waals surface area contributed by atoms with E-state index >= 15 is 0 Å². The number of urea groups is 1. The number of aromatic amines is 1. The Kier molecular flexibility index (Phi) is 7.39. The number of imidazole rings is 1. The number of carbonyl (C=O) groups excluding carboxylic acids is 2. The molecule has 1 atom stereocenters. The molecule has 200 valence electrons. The van der Waals surface area contributed by atoms with Crippen molar-refractivity contribution in [3.05, 3.63) is 59.9 Å². The predicted molar refractivity (Wildman–Crippen MR) is 138 cm³/mol. The molecule has 0 saturated heterocycles. The maximum absolute atomic E-state index is 13.1. The number of alkyl halides is 3. The SMILES string of the molecule is CNC(C(=O)Nc1[nH]nc2c1ncn2-c1ccc(NC(=O)Nc2ccc(C)c(C(F)(F)F)c2)cc1)C(C)C. The van der Waals surface area contributed by atoms with Crippen molar-refractivity contribution in [2.75, 3.05) is 23.0 Å². The van der Waals surface area contributed by atoms with E-state index in [9.17, 15) is 22.8 Å². The summed E-state index contributed by atoms with van der Waals surface area (Å²) in [4.78, 5) is 29.3. The van der Waals surface area contributed by atoms with Gasteiger partial charge in [-0.2, -0.15) is 18.3 Å². The van der Waals surface area contributed by atoms with Gasteiger partial charge in [0.25, 0.3) is 0 Å². The number of hydrogen-bond acceptors (Lipinski definition) is 5.